The molecule has 3 N–H and O–H groups in total. The number of carbonyl (C=O) groups is 1. The van der Waals surface area contributed by atoms with Gasteiger partial charge in [-0.3, -0.25) is 9.78 Å². The van der Waals surface area contributed by atoms with Crippen LogP contribution in [-0.2, 0) is 0 Å². The van der Waals surface area contributed by atoms with E-state index in [1.807, 2.05) is 12.3 Å². The molecule has 30 heavy (non-hydrogen) atoms. The molecule has 0 aliphatic rings. The van der Waals surface area contributed by atoms with Crippen LogP contribution in [0.2, 0.25) is 5.02 Å². The number of hydrogen-bond acceptors (Lipinski definition) is 5. The first-order valence-corrected chi connectivity index (χ1v) is 9.95. The molecular weight excluding hydrogens is 455 g/mol. The minimum atomic E-state index is -1.53. The lowest BCUT2D eigenvalue weighted by Crippen LogP contribution is -2.48. The summed E-state index contributed by atoms with van der Waals surface area (Å²) in [5.74, 6) is -0.805. The maximum atomic E-state index is 12.7. The highest BCUT2D eigenvalue weighted by atomic mass is 35.5. The number of aliphatic imine (C=N–C) groups is 1. The van der Waals surface area contributed by atoms with Crippen LogP contribution in [0.1, 0.15) is 30.1 Å². The van der Waals surface area contributed by atoms with Crippen LogP contribution in [0.25, 0.3) is 0 Å². The van der Waals surface area contributed by atoms with Crippen LogP contribution < -0.4 is 16.1 Å². The molecule has 1 aromatic heterocycles. The van der Waals surface area contributed by atoms with Crippen LogP contribution in [0.15, 0.2) is 53.8 Å². The molecule has 2 rings (SSSR count). The minimum Gasteiger partial charge on any atom is -0.328 e. The second-order valence-electron chi connectivity index (χ2n) is 6.11. The number of rotatable bonds is 8. The normalized spacial score (nSPS) is 12.7. The number of nitro groups is 1. The highest BCUT2D eigenvalue weighted by Crippen LogP contribution is 2.32. The number of alkyl halides is 2. The number of pyridine rings is 1. The Bertz CT molecular complexity index is 894. The number of nitrogens with zero attached hydrogens (tertiary/aromatic N) is 3. The summed E-state index contributed by atoms with van der Waals surface area (Å²) in [5.41, 5.74) is 2.67. The number of carbonyl (C=O) groups excluding carboxylic acids is 1. The predicted molar refractivity (Wildman–Crippen MR) is 117 cm³/mol. The molecule has 0 spiro atoms. The van der Waals surface area contributed by atoms with Gasteiger partial charge in [0, 0.05) is 16.8 Å². The number of hydrogen-bond donors (Lipinski definition) is 3. The van der Waals surface area contributed by atoms with Crippen LogP contribution in [0.4, 0.5) is 5.69 Å². The molecule has 0 aliphatic heterocycles. The monoisotopic (exact) mass is 472 g/mol. The Morgan fingerprint density at radius 1 is 1.30 bits per heavy atom. The lowest BCUT2D eigenvalue weighted by molar-refractivity contribution is -0.525. The lowest BCUT2D eigenvalue weighted by atomic mass is 10.1. The highest BCUT2D eigenvalue weighted by Gasteiger charge is 2.36. The number of aromatic nitrogens is 1. The number of benzene rings is 1. The summed E-state index contributed by atoms with van der Waals surface area (Å²) in [4.78, 5) is 31.8. The molecule has 0 saturated carbocycles. The van der Waals surface area contributed by atoms with Crippen molar-refractivity contribution < 1.29 is 9.83 Å². The summed E-state index contributed by atoms with van der Waals surface area (Å²) in [7, 11) is 0. The fourth-order valence-electron chi connectivity index (χ4n) is 2.39. The van der Waals surface area contributed by atoms with Gasteiger partial charge in [-0.05, 0) is 42.8 Å². The van der Waals surface area contributed by atoms with E-state index in [-0.39, 0.29) is 12.4 Å². The molecule has 1 atom stereocenters. The van der Waals surface area contributed by atoms with Crippen molar-refractivity contribution in [3.8, 4) is 0 Å². The van der Waals surface area contributed by atoms with E-state index in [2.05, 4.69) is 20.6 Å². The van der Waals surface area contributed by atoms with E-state index < -0.39 is 21.4 Å². The second-order valence-corrected chi connectivity index (χ2v) is 8.09. The number of hydrazine groups is 1. The third-order valence-corrected chi connectivity index (χ3v) is 4.78. The number of halogens is 3. The average Bonchev–Trinajstić information content (AvgIpc) is 2.68. The van der Waals surface area contributed by atoms with Crippen molar-refractivity contribution in [3.05, 3.63) is 69.5 Å². The van der Waals surface area contributed by atoms with Crippen LogP contribution in [0.3, 0.4) is 0 Å². The van der Waals surface area contributed by atoms with Crippen LogP contribution in [0.5, 0.6) is 0 Å². The van der Waals surface area contributed by atoms with Crippen LogP contribution in [0, 0.1) is 10.1 Å². The fourth-order valence-corrected chi connectivity index (χ4v) is 3.10. The Morgan fingerprint density at radius 3 is 2.57 bits per heavy atom. The van der Waals surface area contributed by atoms with Gasteiger partial charge in [-0.25, -0.2) is 15.1 Å². The van der Waals surface area contributed by atoms with Gasteiger partial charge in [0.25, 0.3) is 11.9 Å². The number of anilines is 1. The topological polar surface area (TPSA) is 122 Å². The van der Waals surface area contributed by atoms with E-state index in [4.69, 9.17) is 34.8 Å². The summed E-state index contributed by atoms with van der Waals surface area (Å²) >= 11 is 18.7. The fraction of sp³-hybridized carbons (Fsp3) is 0.278. The van der Waals surface area contributed by atoms with E-state index in [0.717, 1.165) is 0 Å². The number of guanidine groups is 1. The molecule has 0 radical (unpaired) electrons. The predicted octanol–water partition coefficient (Wildman–Crippen LogP) is 4.01. The lowest BCUT2D eigenvalue weighted by Gasteiger charge is -2.28. The van der Waals surface area contributed by atoms with Gasteiger partial charge in [0.2, 0.25) is 0 Å². The van der Waals surface area contributed by atoms with Crippen molar-refractivity contribution in [2.24, 2.45) is 4.99 Å². The zero-order chi connectivity index (χ0) is 22.1. The van der Waals surface area contributed by atoms with Gasteiger partial charge < -0.3 is 10.6 Å². The summed E-state index contributed by atoms with van der Waals surface area (Å²) < 4.78 is -1.53. The average molecular weight is 474 g/mol. The Morgan fingerprint density at radius 2 is 2.00 bits per heavy atom. The molecule has 0 fully saturated rings. The maximum Gasteiger partial charge on any atom is 0.260 e. The molecule has 1 aromatic carbocycles. The molecule has 160 valence electrons. The van der Waals surface area contributed by atoms with Crippen molar-refractivity contribution in [2.45, 2.75) is 30.3 Å². The van der Waals surface area contributed by atoms with Crippen molar-refractivity contribution in [3.63, 3.8) is 0 Å². The summed E-state index contributed by atoms with van der Waals surface area (Å²) in [6.45, 7) is 1.85. The Labute approximate surface area is 188 Å². The molecule has 0 saturated heterocycles. The van der Waals surface area contributed by atoms with Gasteiger partial charge in [-0.15, -0.1) is 0 Å². The van der Waals surface area contributed by atoms with Crippen molar-refractivity contribution in [1.29, 1.82) is 0 Å². The van der Waals surface area contributed by atoms with Crippen LogP contribution >= 0.6 is 34.8 Å². The quantitative estimate of drug-likeness (QED) is 0.175. The first-order valence-electron chi connectivity index (χ1n) is 8.81. The molecule has 1 amide bonds. The van der Waals surface area contributed by atoms with E-state index >= 15 is 0 Å². The van der Waals surface area contributed by atoms with E-state index in [1.54, 1.807) is 30.5 Å². The third-order valence-electron chi connectivity index (χ3n) is 3.74. The molecule has 0 aliphatic carbocycles. The van der Waals surface area contributed by atoms with Gasteiger partial charge in [0.1, 0.15) is 0 Å². The minimum absolute atomic E-state index is 0.268. The maximum absolute atomic E-state index is 12.7. The molecule has 2 aromatic rings. The summed E-state index contributed by atoms with van der Waals surface area (Å²) in [6.07, 6.45) is 2.63. The number of amides is 1. The molecule has 0 bridgehead atoms. The van der Waals surface area contributed by atoms with Gasteiger partial charge in [-0.2, -0.15) is 0 Å². The van der Waals surface area contributed by atoms with Gasteiger partial charge >= 0.3 is 0 Å². The molecule has 1 heterocycles. The standard InChI is InChI=1S/C18H19Cl3N6O3/c1-2-9-18(20,21)16(24-15(28)12-5-7-13(19)8-6-12)25-17(26-27(29)30)23-14-4-3-10-22-11-14/h3-8,10-11,16H,2,9H2,1H3,(H,24,28)(H2,23,25,26). The second kappa shape index (κ2) is 11.0. The Hall–Kier alpha value is -2.62. The largest absolute Gasteiger partial charge is 0.328 e. The zero-order valence-corrected chi connectivity index (χ0v) is 18.1. The smallest absolute Gasteiger partial charge is 0.260 e. The Balaban J connectivity index is 2.35. The van der Waals surface area contributed by atoms with Crippen molar-refractivity contribution >= 4 is 52.4 Å². The molecule has 12 heteroatoms. The van der Waals surface area contributed by atoms with Crippen molar-refractivity contribution in [2.75, 3.05) is 5.32 Å². The third kappa shape index (κ3) is 7.33. The molecule has 9 nitrogen and oxygen atoms in total. The Kier molecular flexibility index (Phi) is 8.64. The van der Waals surface area contributed by atoms with E-state index in [9.17, 15) is 14.9 Å². The first-order chi connectivity index (χ1) is 14.2. The van der Waals surface area contributed by atoms with E-state index in [0.29, 0.717) is 22.7 Å². The van der Waals surface area contributed by atoms with Gasteiger partial charge in [0.15, 0.2) is 15.5 Å². The molecule has 1 unspecified atom stereocenters. The summed E-state index contributed by atoms with van der Waals surface area (Å²) in [6, 6.07) is 9.42. The zero-order valence-electron chi connectivity index (χ0n) is 15.8. The highest BCUT2D eigenvalue weighted by molar-refractivity contribution is 6.49. The first kappa shape index (κ1) is 23.7. The summed E-state index contributed by atoms with van der Waals surface area (Å²) in [5, 5.41) is 16.0. The van der Waals surface area contributed by atoms with Gasteiger partial charge in [-0.1, -0.05) is 53.6 Å². The van der Waals surface area contributed by atoms with E-state index in [1.165, 1.54) is 18.3 Å². The van der Waals surface area contributed by atoms with Crippen molar-refractivity contribution in [1.82, 2.24) is 15.7 Å². The van der Waals surface area contributed by atoms with Gasteiger partial charge in [0.05, 0.1) is 11.9 Å². The van der Waals surface area contributed by atoms with Crippen LogP contribution in [-0.4, -0.2) is 32.4 Å². The SMILES string of the molecule is CCCC(Cl)(Cl)C(N=C(Nc1cccnc1)N[N+](=O)[O-])NC(=O)c1ccc(Cl)cc1. The number of nitrogens with one attached hydrogen (secondary N) is 3. The molecular formula is C18H19Cl3N6O3.